The summed E-state index contributed by atoms with van der Waals surface area (Å²) in [5.74, 6) is -3.39. The van der Waals surface area contributed by atoms with Gasteiger partial charge >= 0.3 is 5.97 Å². The molecule has 1 unspecified atom stereocenters. The van der Waals surface area contributed by atoms with Gasteiger partial charge in [-0.1, -0.05) is 12.8 Å². The van der Waals surface area contributed by atoms with Crippen LogP contribution in [-0.2, 0) is 19.6 Å². The molecule has 3 rings (SSSR count). The number of benzene rings is 2. The minimum Gasteiger partial charge on any atom is -0.449 e. The van der Waals surface area contributed by atoms with Crippen molar-refractivity contribution in [3.05, 3.63) is 59.7 Å². The van der Waals surface area contributed by atoms with Gasteiger partial charge in [0, 0.05) is 19.2 Å². The molecule has 0 bridgehead atoms. The molecule has 10 heteroatoms. The zero-order chi connectivity index (χ0) is 23.3. The van der Waals surface area contributed by atoms with Gasteiger partial charge < -0.3 is 10.1 Å². The maximum Gasteiger partial charge on any atom is 0.338 e. The third kappa shape index (κ3) is 5.68. The Hall–Kier alpha value is -2.85. The van der Waals surface area contributed by atoms with E-state index in [0.29, 0.717) is 19.2 Å². The second kappa shape index (κ2) is 10.2. The SMILES string of the molecule is CC(OC(=O)c1ccc(S(=O)(=O)N2CCCCCC2)cc1)C(=O)Nc1ccc(F)cc1F. The molecule has 1 saturated heterocycles. The predicted octanol–water partition coefficient (Wildman–Crippen LogP) is 3.71. The number of ether oxygens (including phenoxy) is 1. The van der Waals surface area contributed by atoms with Crippen LogP contribution < -0.4 is 5.32 Å². The molecule has 1 amide bonds. The molecule has 2 aromatic rings. The highest BCUT2D eigenvalue weighted by Gasteiger charge is 2.26. The van der Waals surface area contributed by atoms with Crippen molar-refractivity contribution < 1.29 is 31.5 Å². The van der Waals surface area contributed by atoms with Crippen LogP contribution in [-0.4, -0.2) is 43.8 Å². The lowest BCUT2D eigenvalue weighted by molar-refractivity contribution is -0.123. The van der Waals surface area contributed by atoms with E-state index in [2.05, 4.69) is 5.32 Å². The molecular weight excluding hydrogens is 442 g/mol. The van der Waals surface area contributed by atoms with E-state index in [-0.39, 0.29) is 16.1 Å². The maximum absolute atomic E-state index is 13.7. The summed E-state index contributed by atoms with van der Waals surface area (Å²) in [4.78, 5) is 24.6. The monoisotopic (exact) mass is 466 g/mol. The van der Waals surface area contributed by atoms with Crippen LogP contribution in [0.1, 0.15) is 43.0 Å². The van der Waals surface area contributed by atoms with Crippen molar-refractivity contribution in [2.24, 2.45) is 0 Å². The number of rotatable bonds is 6. The van der Waals surface area contributed by atoms with Crippen LogP contribution in [0.15, 0.2) is 47.4 Å². The summed E-state index contributed by atoms with van der Waals surface area (Å²) in [6, 6.07) is 7.95. The first kappa shape index (κ1) is 23.8. The molecule has 1 aliphatic rings. The smallest absolute Gasteiger partial charge is 0.338 e. The summed E-state index contributed by atoms with van der Waals surface area (Å²) in [7, 11) is -3.65. The summed E-state index contributed by atoms with van der Waals surface area (Å²) in [5.41, 5.74) is -0.185. The van der Waals surface area contributed by atoms with E-state index in [1.165, 1.54) is 35.5 Å². The van der Waals surface area contributed by atoms with Gasteiger partial charge in [0.2, 0.25) is 10.0 Å². The molecule has 1 fully saturated rings. The lowest BCUT2D eigenvalue weighted by Crippen LogP contribution is -2.32. The van der Waals surface area contributed by atoms with Crippen molar-refractivity contribution in [1.82, 2.24) is 4.31 Å². The third-order valence-corrected chi connectivity index (χ3v) is 7.05. The van der Waals surface area contributed by atoms with Gasteiger partial charge in [-0.15, -0.1) is 0 Å². The number of hydrogen-bond donors (Lipinski definition) is 1. The van der Waals surface area contributed by atoms with Crippen LogP contribution in [0.5, 0.6) is 0 Å². The van der Waals surface area contributed by atoms with Crippen LogP contribution in [0, 0.1) is 11.6 Å². The Morgan fingerprint density at radius 2 is 1.62 bits per heavy atom. The molecule has 172 valence electrons. The molecule has 1 heterocycles. The second-order valence-electron chi connectivity index (χ2n) is 7.50. The van der Waals surface area contributed by atoms with Crippen molar-refractivity contribution in [2.75, 3.05) is 18.4 Å². The van der Waals surface area contributed by atoms with Crippen molar-refractivity contribution in [2.45, 2.75) is 43.6 Å². The lowest BCUT2D eigenvalue weighted by Gasteiger charge is -2.20. The Bertz CT molecular complexity index is 1080. The first-order valence-corrected chi connectivity index (χ1v) is 11.7. The Kier molecular flexibility index (Phi) is 7.57. The predicted molar refractivity (Wildman–Crippen MR) is 114 cm³/mol. The van der Waals surface area contributed by atoms with Crippen molar-refractivity contribution in [1.29, 1.82) is 0 Å². The largest absolute Gasteiger partial charge is 0.449 e. The van der Waals surface area contributed by atoms with Crippen LogP contribution in [0.4, 0.5) is 14.5 Å². The summed E-state index contributed by atoms with van der Waals surface area (Å²) in [6.07, 6.45) is 2.34. The molecule has 1 aliphatic heterocycles. The topological polar surface area (TPSA) is 92.8 Å². The van der Waals surface area contributed by atoms with Gasteiger partial charge in [0.15, 0.2) is 6.10 Å². The number of carbonyl (C=O) groups is 2. The molecule has 1 N–H and O–H groups in total. The van der Waals surface area contributed by atoms with E-state index >= 15 is 0 Å². The molecule has 0 spiro atoms. The molecule has 32 heavy (non-hydrogen) atoms. The molecule has 0 radical (unpaired) electrons. The van der Waals surface area contributed by atoms with Gasteiger partial charge in [-0.3, -0.25) is 4.79 Å². The molecule has 0 aliphatic carbocycles. The number of nitrogens with one attached hydrogen (secondary N) is 1. The van der Waals surface area contributed by atoms with Crippen LogP contribution in [0.25, 0.3) is 0 Å². The Morgan fingerprint density at radius 1 is 1.00 bits per heavy atom. The number of nitrogens with zero attached hydrogens (tertiary/aromatic N) is 1. The maximum atomic E-state index is 13.7. The van der Waals surface area contributed by atoms with Crippen LogP contribution in [0.2, 0.25) is 0 Å². The average Bonchev–Trinajstić information content (AvgIpc) is 3.06. The fourth-order valence-corrected chi connectivity index (χ4v) is 4.82. The summed E-state index contributed by atoms with van der Waals surface area (Å²) >= 11 is 0. The molecule has 0 aromatic heterocycles. The Balaban J connectivity index is 1.63. The van der Waals surface area contributed by atoms with Gasteiger partial charge in [0.1, 0.15) is 11.6 Å². The van der Waals surface area contributed by atoms with Gasteiger partial charge in [-0.25, -0.2) is 22.0 Å². The van der Waals surface area contributed by atoms with E-state index in [1.807, 2.05) is 0 Å². The minimum absolute atomic E-state index is 0.0624. The van der Waals surface area contributed by atoms with Crippen LogP contribution in [0.3, 0.4) is 0 Å². The van der Waals surface area contributed by atoms with E-state index in [9.17, 15) is 26.8 Å². The zero-order valence-corrected chi connectivity index (χ0v) is 18.3. The zero-order valence-electron chi connectivity index (χ0n) is 17.5. The molecule has 1 atom stereocenters. The molecule has 2 aromatic carbocycles. The van der Waals surface area contributed by atoms with Crippen molar-refractivity contribution in [3.8, 4) is 0 Å². The summed E-state index contributed by atoms with van der Waals surface area (Å²) in [5, 5.41) is 2.22. The highest BCUT2D eigenvalue weighted by Crippen LogP contribution is 2.21. The molecular formula is C22H24F2N2O5S. The Morgan fingerprint density at radius 3 is 2.22 bits per heavy atom. The standard InChI is InChI=1S/C22H24F2N2O5S/c1-15(21(27)25-20-11-8-17(23)14-19(20)24)31-22(28)16-6-9-18(10-7-16)32(29,30)26-12-4-2-3-5-13-26/h6-11,14-15H,2-5,12-13H2,1H3,(H,25,27). The number of amides is 1. The second-order valence-corrected chi connectivity index (χ2v) is 9.44. The number of carbonyl (C=O) groups excluding carboxylic acids is 2. The highest BCUT2D eigenvalue weighted by molar-refractivity contribution is 7.89. The highest BCUT2D eigenvalue weighted by atomic mass is 32.2. The number of anilines is 1. The first-order valence-electron chi connectivity index (χ1n) is 10.3. The third-order valence-electron chi connectivity index (χ3n) is 5.13. The number of sulfonamides is 1. The van der Waals surface area contributed by atoms with Crippen molar-refractivity contribution >= 4 is 27.6 Å². The number of halogens is 2. The molecule has 0 saturated carbocycles. The van der Waals surface area contributed by atoms with Gasteiger partial charge in [-0.2, -0.15) is 4.31 Å². The van der Waals surface area contributed by atoms with Gasteiger partial charge in [-0.05, 0) is 56.2 Å². The first-order chi connectivity index (χ1) is 15.2. The van der Waals surface area contributed by atoms with Gasteiger partial charge in [0.25, 0.3) is 5.91 Å². The fourth-order valence-electron chi connectivity index (χ4n) is 3.30. The fraction of sp³-hybridized carbons (Fsp3) is 0.364. The summed E-state index contributed by atoms with van der Waals surface area (Å²) < 4.78 is 58.8. The van der Waals surface area contributed by atoms with E-state index in [0.717, 1.165) is 37.8 Å². The summed E-state index contributed by atoms with van der Waals surface area (Å²) in [6.45, 7) is 2.23. The molecule has 7 nitrogen and oxygen atoms in total. The van der Waals surface area contributed by atoms with E-state index in [1.54, 1.807) is 0 Å². The number of esters is 1. The van der Waals surface area contributed by atoms with E-state index < -0.39 is 39.6 Å². The normalized spacial score (nSPS) is 16.1. The van der Waals surface area contributed by atoms with Crippen molar-refractivity contribution in [3.63, 3.8) is 0 Å². The van der Waals surface area contributed by atoms with Crippen LogP contribution >= 0.6 is 0 Å². The van der Waals surface area contributed by atoms with E-state index in [4.69, 9.17) is 4.74 Å². The lowest BCUT2D eigenvalue weighted by atomic mass is 10.2. The van der Waals surface area contributed by atoms with Gasteiger partial charge in [0.05, 0.1) is 16.1 Å². The number of hydrogen-bond acceptors (Lipinski definition) is 5. The quantitative estimate of drug-likeness (QED) is 0.655. The Labute approximate surface area is 185 Å². The average molecular weight is 467 g/mol. The minimum atomic E-state index is -3.65.